The summed E-state index contributed by atoms with van der Waals surface area (Å²) in [7, 11) is 0. The zero-order valence-corrected chi connectivity index (χ0v) is 15.4. The first-order chi connectivity index (χ1) is 11.2. The number of hydrogen-bond donors (Lipinski definition) is 0. The van der Waals surface area contributed by atoms with Crippen LogP contribution < -0.4 is 0 Å². The number of rotatable bonds is 3. The van der Waals surface area contributed by atoms with E-state index in [1.807, 2.05) is 0 Å². The lowest BCUT2D eigenvalue weighted by atomic mass is 10.0. The molecular weight excluding hydrogens is 675 g/mol. The molecule has 0 fully saturated rings. The van der Waals surface area contributed by atoms with Gasteiger partial charge in [-0.05, 0) is 0 Å². The average molecular weight is 675 g/mol. The highest BCUT2D eigenvalue weighted by atomic mass is 127. The minimum Gasteiger partial charge on any atom is -0.192 e. The van der Waals surface area contributed by atoms with Crippen LogP contribution in [-0.4, -0.2) is 43.6 Å². The molecule has 0 aromatic rings. The predicted molar refractivity (Wildman–Crippen MR) is 67.8 cm³/mol. The first-order valence-electron chi connectivity index (χ1n) is 5.02. The van der Waals surface area contributed by atoms with Crippen molar-refractivity contribution in [2.45, 2.75) is 40.5 Å². The van der Waals surface area contributed by atoms with Crippen molar-refractivity contribution in [3.05, 3.63) is 0 Å². The summed E-state index contributed by atoms with van der Waals surface area (Å²) >= 11 is -0.513. The third-order valence-electron chi connectivity index (χ3n) is 1.95. The van der Waals surface area contributed by atoms with Crippen molar-refractivity contribution in [3.63, 3.8) is 0 Å². The van der Waals surface area contributed by atoms with Crippen molar-refractivity contribution in [1.29, 1.82) is 0 Å². The normalized spacial score (nSPS) is 15.6. The third-order valence-corrected chi connectivity index (χ3v) is 3.72. The van der Waals surface area contributed by atoms with Crippen LogP contribution in [0, 0.1) is 0 Å². The summed E-state index contributed by atoms with van der Waals surface area (Å²) in [6.07, 6.45) is -17.8. The van der Waals surface area contributed by atoms with Gasteiger partial charge in [-0.25, -0.2) is 0 Å². The molecule has 0 heterocycles. The first kappa shape index (κ1) is 29.4. The number of alkyl halides is 18. The zero-order valence-electron chi connectivity index (χ0n) is 11.1. The predicted octanol–water partition coefficient (Wildman–Crippen LogP) is 7.16. The van der Waals surface area contributed by atoms with Gasteiger partial charge in [-0.2, -0.15) is 74.6 Å². The van der Waals surface area contributed by atoms with E-state index in [1.54, 1.807) is 0 Å². The largest absolute Gasteiger partial charge is 0.476 e. The molecule has 0 bridgehead atoms. The van der Waals surface area contributed by atoms with Crippen LogP contribution in [0.5, 0.6) is 0 Å². The molecule has 0 rings (SSSR count). The van der Waals surface area contributed by atoms with Crippen LogP contribution in [0.25, 0.3) is 0 Å². The topological polar surface area (TPSA) is 3.24 Å². The Kier molecular flexibility index (Phi) is 8.90. The molecule has 0 saturated heterocycles. The van der Waals surface area contributed by atoms with E-state index in [-0.39, 0.29) is 22.9 Å². The summed E-state index contributed by atoms with van der Waals surface area (Å²) in [4.78, 5) is 0. The molecule has 0 radical (unpaired) electrons. The summed E-state index contributed by atoms with van der Waals surface area (Å²) in [5.41, 5.74) is 0. The van der Waals surface area contributed by atoms with E-state index < -0.39 is 66.2 Å². The Morgan fingerprint density at radius 1 is 0.444 bits per heavy atom. The lowest BCUT2D eigenvalue weighted by Crippen LogP contribution is -2.65. The SMILES string of the molecule is FC(F)(F)C(F)(F)C(F)(F)C(F)(F)C(F)(F)I.FC(F)(F)N(I)C(F)(F)F. The van der Waals surface area contributed by atoms with E-state index in [0.717, 1.165) is 0 Å². The highest BCUT2D eigenvalue weighted by molar-refractivity contribution is 14.1. The Labute approximate surface area is 163 Å². The van der Waals surface area contributed by atoms with Crippen molar-refractivity contribution in [2.75, 3.05) is 0 Å². The van der Waals surface area contributed by atoms with Crippen LogP contribution in [0.15, 0.2) is 0 Å². The lowest BCUT2D eigenvalue weighted by molar-refractivity contribution is -0.410. The molecule has 27 heavy (non-hydrogen) atoms. The molecule has 20 heteroatoms. The minimum atomic E-state index is -7.29. The van der Waals surface area contributed by atoms with Crippen molar-refractivity contribution >= 4 is 45.5 Å². The van der Waals surface area contributed by atoms with E-state index in [4.69, 9.17) is 0 Å². The Morgan fingerprint density at radius 3 is 0.815 bits per heavy atom. The molecule has 0 aromatic heterocycles. The molecule has 0 unspecified atom stereocenters. The van der Waals surface area contributed by atoms with Gasteiger partial charge < -0.3 is 0 Å². The summed E-state index contributed by atoms with van der Waals surface area (Å²) in [6.45, 7) is 0. The van der Waals surface area contributed by atoms with Crippen LogP contribution in [0.3, 0.4) is 0 Å². The smallest absolute Gasteiger partial charge is 0.192 e. The number of nitrogens with zero attached hydrogens (tertiary/aromatic N) is 1. The molecule has 0 aromatic carbocycles. The van der Waals surface area contributed by atoms with Crippen LogP contribution in [0.1, 0.15) is 0 Å². The second-order valence-corrected chi connectivity index (χ2v) is 6.25. The van der Waals surface area contributed by atoms with E-state index >= 15 is 0 Å². The van der Waals surface area contributed by atoms with Crippen LogP contribution >= 0.6 is 45.5 Å². The molecule has 0 amide bonds. The molecule has 0 aliphatic heterocycles. The molecule has 0 aliphatic rings. The number of halogens is 19. The maximum Gasteiger partial charge on any atom is 0.476 e. The van der Waals surface area contributed by atoms with E-state index in [0.29, 0.717) is 0 Å². The average Bonchev–Trinajstić information content (AvgIpc) is 2.33. The Morgan fingerprint density at radius 2 is 0.704 bits per heavy atom. The van der Waals surface area contributed by atoms with Gasteiger partial charge in [0.2, 0.25) is 0 Å². The van der Waals surface area contributed by atoms with E-state index in [1.165, 1.54) is 0 Å². The molecular formula is C7F17I2N. The van der Waals surface area contributed by atoms with Crippen LogP contribution in [-0.2, 0) is 0 Å². The molecule has 0 aliphatic carbocycles. The van der Waals surface area contributed by atoms with Crippen molar-refractivity contribution in [1.82, 2.24) is 3.11 Å². The molecule has 1 nitrogen and oxygen atoms in total. The van der Waals surface area contributed by atoms with Crippen molar-refractivity contribution in [3.8, 4) is 0 Å². The van der Waals surface area contributed by atoms with Gasteiger partial charge in [-0.3, -0.25) is 0 Å². The fourth-order valence-electron chi connectivity index (χ4n) is 0.697. The first-order valence-corrected chi connectivity index (χ1v) is 7.06. The van der Waals surface area contributed by atoms with Gasteiger partial charge in [0.25, 0.3) is 0 Å². The highest BCUT2D eigenvalue weighted by Crippen LogP contribution is 2.58. The van der Waals surface area contributed by atoms with Gasteiger partial charge in [-0.1, -0.05) is 3.11 Å². The summed E-state index contributed by atoms with van der Waals surface area (Å²) in [5.74, 6) is -21.5. The second kappa shape index (κ2) is 8.16. The fraction of sp³-hybridized carbons (Fsp3) is 1.00. The van der Waals surface area contributed by atoms with Gasteiger partial charge in [0.15, 0.2) is 0 Å². The Bertz CT molecular complexity index is 439. The van der Waals surface area contributed by atoms with Crippen LogP contribution in [0.2, 0.25) is 0 Å². The zero-order chi connectivity index (χ0) is 23.1. The van der Waals surface area contributed by atoms with Crippen molar-refractivity contribution in [2.24, 2.45) is 0 Å². The maximum absolute atomic E-state index is 12.3. The standard InChI is InChI=1S/C5F11I.C2F6IN/c6-1(7,2(8,9)4(12,13)14)3(10,11)5(15,16)17;3-1(4,5)10(9)2(6,7)8. The lowest BCUT2D eigenvalue weighted by Gasteiger charge is -2.35. The van der Waals surface area contributed by atoms with E-state index in [2.05, 4.69) is 0 Å². The van der Waals surface area contributed by atoms with Gasteiger partial charge >= 0.3 is 40.5 Å². The second-order valence-electron chi connectivity index (χ2n) is 3.94. The molecule has 0 saturated carbocycles. The summed E-state index contributed by atoms with van der Waals surface area (Å²) in [6, 6.07) is 0. The number of hydrogen-bond acceptors (Lipinski definition) is 1. The van der Waals surface area contributed by atoms with Gasteiger partial charge in [0, 0.05) is 45.5 Å². The molecule has 0 atom stereocenters. The van der Waals surface area contributed by atoms with Crippen LogP contribution in [0.4, 0.5) is 74.6 Å². The van der Waals surface area contributed by atoms with Crippen molar-refractivity contribution < 1.29 is 74.6 Å². The minimum absolute atomic E-state index is 0.138. The highest BCUT2D eigenvalue weighted by Gasteiger charge is 2.86. The molecule has 0 spiro atoms. The Hall–Kier alpha value is 0.230. The summed E-state index contributed by atoms with van der Waals surface area (Å²) in [5, 5.41) is 0. The summed E-state index contributed by atoms with van der Waals surface area (Å²) < 4.78 is 191. The van der Waals surface area contributed by atoms with Gasteiger partial charge in [0.05, 0.1) is 0 Å². The van der Waals surface area contributed by atoms with E-state index in [9.17, 15) is 74.6 Å². The maximum atomic E-state index is 12.3. The fourth-order valence-corrected chi connectivity index (χ4v) is 1.04. The third kappa shape index (κ3) is 6.62. The quantitative estimate of drug-likeness (QED) is 0.101. The Balaban J connectivity index is 0. The van der Waals surface area contributed by atoms with Gasteiger partial charge in [0.1, 0.15) is 0 Å². The monoisotopic (exact) mass is 675 g/mol. The van der Waals surface area contributed by atoms with Gasteiger partial charge in [-0.15, -0.1) is 0 Å². The molecule has 166 valence electrons. The molecule has 0 N–H and O–H groups in total.